The van der Waals surface area contributed by atoms with E-state index in [2.05, 4.69) is 89.6 Å². The minimum absolute atomic E-state index is 0.516. The fourth-order valence-electron chi connectivity index (χ4n) is 5.83. The van der Waals surface area contributed by atoms with Gasteiger partial charge in [0.05, 0.1) is 34.7 Å². The Balaban J connectivity index is 1.03. The van der Waals surface area contributed by atoms with Crippen LogP contribution in [-0.4, -0.2) is 68.2 Å². The van der Waals surface area contributed by atoms with Gasteiger partial charge in [0.1, 0.15) is 0 Å². The molecule has 2 fully saturated rings. The topological polar surface area (TPSA) is 42.1 Å². The lowest BCUT2D eigenvalue weighted by atomic mass is 10.0. The van der Waals surface area contributed by atoms with Crippen LogP contribution in [0.5, 0.6) is 0 Å². The van der Waals surface area contributed by atoms with Gasteiger partial charge in [-0.25, -0.2) is 9.97 Å². The monoisotopic (exact) mass is 454 g/mol. The second-order valence-electron chi connectivity index (χ2n) is 9.86. The summed E-state index contributed by atoms with van der Waals surface area (Å²) in [7, 11) is 0. The molecule has 0 amide bonds. The van der Waals surface area contributed by atoms with Gasteiger partial charge in [-0.1, -0.05) is 36.4 Å². The molecule has 0 radical (unpaired) electrons. The van der Waals surface area contributed by atoms with Crippen LogP contribution in [0, 0.1) is 0 Å². The Kier molecular flexibility index (Phi) is 6.17. The van der Waals surface area contributed by atoms with Crippen molar-refractivity contribution in [2.45, 2.75) is 37.8 Å². The van der Waals surface area contributed by atoms with Gasteiger partial charge in [0.2, 0.25) is 0 Å². The second-order valence-corrected chi connectivity index (χ2v) is 9.86. The molecule has 0 saturated carbocycles. The molecule has 2 aliphatic heterocycles. The first-order valence-electron chi connectivity index (χ1n) is 12.8. The predicted molar refractivity (Wildman–Crippen MR) is 138 cm³/mol. The summed E-state index contributed by atoms with van der Waals surface area (Å²) in [6.07, 6.45) is 13.8. The maximum Gasteiger partial charge on any atom is 0.0961 e. The number of hydrogen-bond donors (Lipinski definition) is 0. The average molecular weight is 455 g/mol. The van der Waals surface area contributed by atoms with Crippen LogP contribution in [0.1, 0.15) is 37.8 Å². The highest BCUT2D eigenvalue weighted by Crippen LogP contribution is 2.27. The molecule has 6 heteroatoms. The van der Waals surface area contributed by atoms with Crippen molar-refractivity contribution in [1.29, 1.82) is 0 Å². The Labute approximate surface area is 201 Å². The zero-order chi connectivity index (χ0) is 22.7. The van der Waals surface area contributed by atoms with Crippen LogP contribution < -0.4 is 0 Å². The standard InChI is InChI=1S/C28H34N6/c1-3-13-27-25(11-1)29-21-33(27)23-9-7-17-31(19-23)15-5-6-16-32-18-8-10-24(20-32)34-22-30-26-12-2-4-14-28(26)34/h1-6,11-14,21-24H,7-10,15-20H2/b6-5+. The second kappa shape index (κ2) is 9.72. The molecular weight excluding hydrogens is 420 g/mol. The minimum atomic E-state index is 0.516. The Bertz CT molecular complexity index is 1170. The molecule has 2 saturated heterocycles. The van der Waals surface area contributed by atoms with Gasteiger partial charge >= 0.3 is 0 Å². The Morgan fingerprint density at radius 3 is 1.65 bits per heavy atom. The van der Waals surface area contributed by atoms with Crippen molar-refractivity contribution in [1.82, 2.24) is 28.9 Å². The fourth-order valence-corrected chi connectivity index (χ4v) is 5.83. The van der Waals surface area contributed by atoms with E-state index in [1.54, 1.807) is 0 Å². The number of imidazole rings is 2. The summed E-state index contributed by atoms with van der Waals surface area (Å²) in [6.45, 7) is 6.65. The van der Waals surface area contributed by atoms with Gasteiger partial charge < -0.3 is 9.13 Å². The lowest BCUT2D eigenvalue weighted by Gasteiger charge is -2.33. The van der Waals surface area contributed by atoms with E-state index in [9.17, 15) is 0 Å². The predicted octanol–water partition coefficient (Wildman–Crippen LogP) is 4.92. The molecular formula is C28H34N6. The zero-order valence-corrected chi connectivity index (χ0v) is 19.8. The molecule has 0 bridgehead atoms. The van der Waals surface area contributed by atoms with Crippen molar-refractivity contribution in [3.63, 3.8) is 0 Å². The molecule has 0 aliphatic carbocycles. The summed E-state index contributed by atoms with van der Waals surface area (Å²) in [4.78, 5) is 14.4. The lowest BCUT2D eigenvalue weighted by molar-refractivity contribution is 0.191. The average Bonchev–Trinajstić information content (AvgIpc) is 3.52. The van der Waals surface area contributed by atoms with E-state index in [-0.39, 0.29) is 0 Å². The highest BCUT2D eigenvalue weighted by Gasteiger charge is 2.23. The van der Waals surface area contributed by atoms with Crippen LogP contribution >= 0.6 is 0 Å². The molecule has 0 spiro atoms. The van der Waals surface area contributed by atoms with Crippen molar-refractivity contribution in [2.24, 2.45) is 0 Å². The van der Waals surface area contributed by atoms with Crippen LogP contribution in [0.4, 0.5) is 0 Å². The van der Waals surface area contributed by atoms with Crippen LogP contribution in [0.15, 0.2) is 73.3 Å². The van der Waals surface area contributed by atoms with E-state index in [0.29, 0.717) is 12.1 Å². The summed E-state index contributed by atoms with van der Waals surface area (Å²) in [6, 6.07) is 18.0. The highest BCUT2D eigenvalue weighted by atomic mass is 15.2. The summed E-state index contributed by atoms with van der Waals surface area (Å²) in [5, 5.41) is 0. The van der Waals surface area contributed by atoms with Gasteiger partial charge in [0.25, 0.3) is 0 Å². The van der Waals surface area contributed by atoms with E-state index < -0.39 is 0 Å². The van der Waals surface area contributed by atoms with Crippen molar-refractivity contribution in [3.8, 4) is 0 Å². The normalized spacial score (nSPS) is 22.8. The Morgan fingerprint density at radius 2 is 1.15 bits per heavy atom. The molecule has 0 N–H and O–H groups in total. The van der Waals surface area contributed by atoms with Crippen molar-refractivity contribution in [3.05, 3.63) is 73.3 Å². The number of benzene rings is 2. The highest BCUT2D eigenvalue weighted by molar-refractivity contribution is 5.75. The summed E-state index contributed by atoms with van der Waals surface area (Å²) in [5.41, 5.74) is 4.72. The van der Waals surface area contributed by atoms with E-state index in [0.717, 1.165) is 37.2 Å². The number of likely N-dealkylation sites (tertiary alicyclic amines) is 2. The molecule has 2 aromatic heterocycles. The zero-order valence-electron chi connectivity index (χ0n) is 19.8. The third kappa shape index (κ3) is 4.40. The van der Waals surface area contributed by atoms with E-state index in [4.69, 9.17) is 0 Å². The first-order valence-corrected chi connectivity index (χ1v) is 12.8. The van der Waals surface area contributed by atoms with Crippen LogP contribution in [0.2, 0.25) is 0 Å². The maximum absolute atomic E-state index is 4.61. The fraction of sp³-hybridized carbons (Fsp3) is 0.429. The van der Waals surface area contributed by atoms with Gasteiger partial charge in [-0.05, 0) is 63.0 Å². The number of nitrogens with zero attached hydrogens (tertiary/aromatic N) is 6. The molecule has 4 aromatic rings. The van der Waals surface area contributed by atoms with Crippen LogP contribution in [0.25, 0.3) is 22.1 Å². The molecule has 2 aromatic carbocycles. The van der Waals surface area contributed by atoms with E-state index in [1.807, 2.05) is 12.7 Å². The van der Waals surface area contributed by atoms with Crippen molar-refractivity contribution >= 4 is 22.1 Å². The van der Waals surface area contributed by atoms with E-state index in [1.165, 1.54) is 49.8 Å². The van der Waals surface area contributed by atoms with Crippen molar-refractivity contribution in [2.75, 3.05) is 39.3 Å². The number of aromatic nitrogens is 4. The SMILES string of the molecule is C(=C\CN1CCCC(n2cnc3ccccc32)C1)/CN1CCCC(n2cnc3ccccc32)C1. The van der Waals surface area contributed by atoms with Gasteiger partial charge in [-0.3, -0.25) is 9.80 Å². The summed E-state index contributed by atoms with van der Waals surface area (Å²) >= 11 is 0. The Morgan fingerprint density at radius 1 is 0.676 bits per heavy atom. The number of fused-ring (bicyclic) bond motifs is 2. The largest absolute Gasteiger partial charge is 0.326 e. The molecule has 176 valence electrons. The van der Waals surface area contributed by atoms with Crippen LogP contribution in [-0.2, 0) is 0 Å². The molecule has 6 rings (SSSR count). The van der Waals surface area contributed by atoms with Gasteiger partial charge in [0.15, 0.2) is 0 Å². The minimum Gasteiger partial charge on any atom is -0.326 e. The molecule has 6 nitrogen and oxygen atoms in total. The maximum atomic E-state index is 4.61. The quantitative estimate of drug-likeness (QED) is 0.388. The van der Waals surface area contributed by atoms with Gasteiger partial charge in [-0.2, -0.15) is 0 Å². The third-order valence-electron chi connectivity index (χ3n) is 7.60. The third-order valence-corrected chi connectivity index (χ3v) is 7.60. The summed E-state index contributed by atoms with van der Waals surface area (Å²) < 4.78 is 4.78. The van der Waals surface area contributed by atoms with Crippen molar-refractivity contribution < 1.29 is 0 Å². The molecule has 2 aliphatic rings. The van der Waals surface area contributed by atoms with E-state index >= 15 is 0 Å². The van der Waals surface area contributed by atoms with Crippen LogP contribution in [0.3, 0.4) is 0 Å². The van der Waals surface area contributed by atoms with Gasteiger partial charge in [-0.15, -0.1) is 0 Å². The number of para-hydroxylation sites is 4. The molecule has 2 atom stereocenters. The smallest absolute Gasteiger partial charge is 0.0961 e. The molecule has 2 unspecified atom stereocenters. The molecule has 4 heterocycles. The lowest BCUT2D eigenvalue weighted by Crippen LogP contribution is -2.37. The first-order chi connectivity index (χ1) is 16.8. The number of hydrogen-bond acceptors (Lipinski definition) is 4. The molecule has 34 heavy (non-hydrogen) atoms. The number of rotatable bonds is 6. The Hall–Kier alpha value is -2.96. The first kappa shape index (κ1) is 21.6. The summed E-state index contributed by atoms with van der Waals surface area (Å²) in [5.74, 6) is 0. The number of piperidine rings is 2. The van der Waals surface area contributed by atoms with Gasteiger partial charge in [0, 0.05) is 38.3 Å².